The van der Waals surface area contributed by atoms with Gasteiger partial charge in [-0.05, 0) is 0 Å². The second-order valence-electron chi connectivity index (χ2n) is 4.35. The van der Waals surface area contributed by atoms with Gasteiger partial charge in [-0.3, -0.25) is 0 Å². The Morgan fingerprint density at radius 2 is 2.09 bits per heavy atom. The van der Waals surface area contributed by atoms with Gasteiger partial charge in [0.1, 0.15) is 5.82 Å². The van der Waals surface area contributed by atoms with Crippen LogP contribution in [0.4, 0.5) is 16.6 Å². The molecular formula is C10H14Cl3N5O3S. The minimum absolute atomic E-state index is 0.0156. The molecule has 2 rings (SSSR count). The molecular weight excluding hydrogens is 377 g/mol. The van der Waals surface area contributed by atoms with Crippen LogP contribution in [0, 0.1) is 0 Å². The first-order valence-electron chi connectivity index (χ1n) is 5.89. The predicted molar refractivity (Wildman–Crippen MR) is 87.6 cm³/mol. The Morgan fingerprint density at radius 3 is 2.55 bits per heavy atom. The van der Waals surface area contributed by atoms with Crippen molar-refractivity contribution >= 4 is 60.1 Å². The molecule has 1 saturated heterocycles. The van der Waals surface area contributed by atoms with E-state index in [1.165, 1.54) is 4.90 Å². The highest BCUT2D eigenvalue weighted by atomic mass is 36.0. The quantitative estimate of drug-likeness (QED) is 0.596. The smallest absolute Gasteiger partial charge is 0.407 e. The van der Waals surface area contributed by atoms with Crippen molar-refractivity contribution < 1.29 is 14.1 Å². The highest BCUT2D eigenvalue weighted by Gasteiger charge is 2.33. The van der Waals surface area contributed by atoms with E-state index < -0.39 is 15.3 Å². The summed E-state index contributed by atoms with van der Waals surface area (Å²) >= 11 is 5.71. The predicted octanol–water partition coefficient (Wildman–Crippen LogP) is 1.64. The van der Waals surface area contributed by atoms with Gasteiger partial charge in [0.2, 0.25) is 15.2 Å². The Balaban J connectivity index is 0.000000541. The molecule has 0 saturated carbocycles. The molecule has 1 aromatic heterocycles. The Hall–Kier alpha value is -1.03. The number of alkyl halides is 1. The van der Waals surface area contributed by atoms with Crippen LogP contribution in [-0.4, -0.2) is 56.5 Å². The molecule has 1 fully saturated rings. The number of amides is 1. The van der Waals surface area contributed by atoms with E-state index in [4.69, 9.17) is 26.7 Å². The van der Waals surface area contributed by atoms with Crippen molar-refractivity contribution in [2.45, 2.75) is 11.9 Å². The lowest BCUT2D eigenvalue weighted by atomic mass is 10.1. The molecule has 3 N–H and O–H groups in total. The van der Waals surface area contributed by atoms with E-state index in [1.807, 2.05) is 4.90 Å². The van der Waals surface area contributed by atoms with Gasteiger partial charge >= 0.3 is 6.09 Å². The number of halogens is 3. The van der Waals surface area contributed by atoms with Crippen LogP contribution in [0.1, 0.15) is 5.69 Å². The molecule has 0 aliphatic carbocycles. The molecule has 0 spiro atoms. The lowest BCUT2D eigenvalue weighted by Gasteiger charge is -2.43. The molecule has 22 heavy (non-hydrogen) atoms. The number of hydrogen-bond acceptors (Lipinski definition) is 6. The van der Waals surface area contributed by atoms with Crippen LogP contribution in [0.2, 0.25) is 0 Å². The number of anilines is 2. The lowest BCUT2D eigenvalue weighted by molar-refractivity contribution is 0.129. The lowest BCUT2D eigenvalue weighted by Crippen LogP contribution is -2.60. The number of hydrogen-bond donors (Lipinski definition) is 2. The van der Waals surface area contributed by atoms with Crippen LogP contribution < -0.4 is 10.6 Å². The fraction of sp³-hybridized carbons (Fsp3) is 0.500. The molecule has 1 aliphatic rings. The van der Waals surface area contributed by atoms with Gasteiger partial charge in [-0.2, -0.15) is 4.98 Å². The zero-order valence-corrected chi connectivity index (χ0v) is 14.5. The van der Waals surface area contributed by atoms with Crippen LogP contribution >= 0.6 is 33.0 Å². The van der Waals surface area contributed by atoms with Crippen molar-refractivity contribution in [1.82, 2.24) is 14.9 Å². The monoisotopic (exact) mass is 389 g/mol. The molecule has 0 radical (unpaired) electrons. The maximum atomic E-state index is 10.8. The zero-order chi connectivity index (χ0) is 16.9. The molecule has 1 amide bonds. The van der Waals surface area contributed by atoms with Gasteiger partial charge in [-0.1, -0.05) is 0 Å². The summed E-state index contributed by atoms with van der Waals surface area (Å²) in [6, 6.07) is 1.75. The van der Waals surface area contributed by atoms with Crippen molar-refractivity contribution in [2.24, 2.45) is 0 Å². The van der Waals surface area contributed by atoms with E-state index in [0.29, 0.717) is 24.6 Å². The van der Waals surface area contributed by atoms with Crippen LogP contribution in [0.5, 0.6) is 0 Å². The maximum Gasteiger partial charge on any atom is 0.407 e. The standard InChI is InChI=1S/C10H14ClN5O2.Cl2OS/c1-15(10(17)18)7-4-16(5-7)8-2-6(3-11)13-9(12)14-8;1-4(2)3/h2,7H,3-5H2,1H3,(H,17,18)(H2,12,13,14);. The van der Waals surface area contributed by atoms with Gasteiger partial charge in [0.05, 0.1) is 17.6 Å². The van der Waals surface area contributed by atoms with Crippen LogP contribution in [-0.2, 0) is 15.1 Å². The summed E-state index contributed by atoms with van der Waals surface area (Å²) in [5, 5.41) is 8.84. The van der Waals surface area contributed by atoms with Crippen molar-refractivity contribution in [2.75, 3.05) is 30.8 Å². The SMILES string of the molecule is CN(C(=O)O)C1CN(c2cc(CCl)nc(N)n2)C1.O=S(Cl)Cl. The molecule has 2 heterocycles. The zero-order valence-electron chi connectivity index (χ0n) is 11.4. The average Bonchev–Trinajstić information content (AvgIpc) is 2.35. The topological polar surface area (TPSA) is 113 Å². The molecule has 0 bridgehead atoms. The first kappa shape index (κ1) is 19.0. The number of carboxylic acid groups (broad SMARTS) is 1. The summed E-state index contributed by atoms with van der Waals surface area (Å²) < 4.78 is 9.09. The largest absolute Gasteiger partial charge is 0.465 e. The fourth-order valence-corrected chi connectivity index (χ4v) is 1.91. The number of nitrogen functional groups attached to an aromatic ring is 1. The van der Waals surface area contributed by atoms with E-state index in [1.54, 1.807) is 13.1 Å². The first-order valence-corrected chi connectivity index (χ1v) is 9.22. The van der Waals surface area contributed by atoms with Gasteiger partial charge in [0.15, 0.2) is 0 Å². The van der Waals surface area contributed by atoms with Gasteiger partial charge in [-0.15, -0.1) is 11.6 Å². The molecule has 0 atom stereocenters. The maximum absolute atomic E-state index is 10.8. The Bertz CT molecular complexity index is 555. The van der Waals surface area contributed by atoms with Gasteiger partial charge < -0.3 is 20.6 Å². The molecule has 0 unspecified atom stereocenters. The highest BCUT2D eigenvalue weighted by Crippen LogP contribution is 2.23. The summed E-state index contributed by atoms with van der Waals surface area (Å²) in [7, 11) is 8.92. The second-order valence-corrected chi connectivity index (χ2v) is 7.14. The summed E-state index contributed by atoms with van der Waals surface area (Å²) in [5.41, 5.74) is 6.24. The van der Waals surface area contributed by atoms with Crippen LogP contribution in [0.3, 0.4) is 0 Å². The Morgan fingerprint density at radius 1 is 1.55 bits per heavy atom. The van der Waals surface area contributed by atoms with Crippen molar-refractivity contribution in [3.63, 3.8) is 0 Å². The average molecular weight is 391 g/mol. The van der Waals surface area contributed by atoms with E-state index in [-0.39, 0.29) is 17.9 Å². The minimum Gasteiger partial charge on any atom is -0.465 e. The third-order valence-electron chi connectivity index (χ3n) is 2.96. The summed E-state index contributed by atoms with van der Waals surface area (Å²) in [5.74, 6) is 1.14. The Kier molecular flexibility index (Phi) is 7.40. The minimum atomic E-state index is -1.67. The Labute approximate surface area is 143 Å². The third kappa shape index (κ3) is 5.64. The van der Waals surface area contributed by atoms with Crippen LogP contribution in [0.15, 0.2) is 6.07 Å². The van der Waals surface area contributed by atoms with E-state index >= 15 is 0 Å². The molecule has 1 aliphatic heterocycles. The number of aromatic nitrogens is 2. The summed E-state index contributed by atoms with van der Waals surface area (Å²) in [6.07, 6.45) is -0.928. The van der Waals surface area contributed by atoms with Crippen molar-refractivity contribution in [3.05, 3.63) is 11.8 Å². The van der Waals surface area contributed by atoms with E-state index in [2.05, 4.69) is 31.3 Å². The number of nitrogens with two attached hydrogens (primary N) is 1. The fourth-order valence-electron chi connectivity index (χ4n) is 1.78. The number of nitrogens with zero attached hydrogens (tertiary/aromatic N) is 4. The number of carbonyl (C=O) groups is 1. The first-order chi connectivity index (χ1) is 10.2. The molecule has 12 heteroatoms. The molecule has 124 valence electrons. The third-order valence-corrected chi connectivity index (χ3v) is 3.23. The van der Waals surface area contributed by atoms with E-state index in [0.717, 1.165) is 0 Å². The number of rotatable bonds is 3. The summed E-state index contributed by atoms with van der Waals surface area (Å²) in [4.78, 5) is 22.1. The summed E-state index contributed by atoms with van der Waals surface area (Å²) in [6.45, 7) is 1.20. The van der Waals surface area contributed by atoms with Gasteiger partial charge in [0, 0.05) is 47.6 Å². The van der Waals surface area contributed by atoms with Gasteiger partial charge in [-0.25, -0.2) is 14.0 Å². The van der Waals surface area contributed by atoms with E-state index in [9.17, 15) is 4.79 Å². The molecule has 8 nitrogen and oxygen atoms in total. The second kappa shape index (κ2) is 8.56. The van der Waals surface area contributed by atoms with Crippen molar-refractivity contribution in [1.29, 1.82) is 0 Å². The van der Waals surface area contributed by atoms with Crippen molar-refractivity contribution in [3.8, 4) is 0 Å². The molecule has 0 aromatic carbocycles. The normalized spacial score (nSPS) is 14.1. The molecule has 1 aromatic rings. The highest BCUT2D eigenvalue weighted by molar-refractivity contribution is 8.26. The van der Waals surface area contributed by atoms with Crippen LogP contribution in [0.25, 0.3) is 0 Å². The van der Waals surface area contributed by atoms with Gasteiger partial charge in [0.25, 0.3) is 0 Å². The number of likely N-dealkylation sites (N-methyl/N-ethyl adjacent to an activating group) is 1.